The van der Waals surface area contributed by atoms with Crippen molar-refractivity contribution < 1.29 is 9.53 Å². The summed E-state index contributed by atoms with van der Waals surface area (Å²) >= 11 is 0. The summed E-state index contributed by atoms with van der Waals surface area (Å²) in [5.74, 6) is 6.10. The average molecular weight is 540 g/mol. The van der Waals surface area contributed by atoms with Gasteiger partial charge in [-0.1, -0.05) is 53.9 Å². The first kappa shape index (κ1) is 29.0. The number of nitrogens with one attached hydrogen (secondary N) is 1. The van der Waals surface area contributed by atoms with Crippen LogP contribution in [-0.4, -0.2) is 28.3 Å². The van der Waals surface area contributed by atoms with E-state index in [0.717, 1.165) is 61.3 Å². The number of alkyl carbamates (subject to hydrolysis) is 1. The van der Waals surface area contributed by atoms with Crippen molar-refractivity contribution in [1.29, 1.82) is 0 Å². The van der Waals surface area contributed by atoms with Crippen molar-refractivity contribution in [1.82, 2.24) is 14.9 Å². The maximum Gasteiger partial charge on any atom is 0.407 e. The van der Waals surface area contributed by atoms with Crippen LogP contribution in [0.3, 0.4) is 0 Å². The number of fused-ring (bicyclic) bond motifs is 5. The van der Waals surface area contributed by atoms with Crippen LogP contribution in [0.25, 0.3) is 0 Å². The smallest absolute Gasteiger partial charge is 0.407 e. The highest BCUT2D eigenvalue weighted by atomic mass is 16.6. The van der Waals surface area contributed by atoms with Crippen LogP contribution in [0.15, 0.2) is 18.7 Å². The van der Waals surface area contributed by atoms with E-state index < -0.39 is 0 Å². The zero-order valence-corrected chi connectivity index (χ0v) is 25.7. The third-order valence-electron chi connectivity index (χ3n) is 12.5. The third-order valence-corrected chi connectivity index (χ3v) is 12.5. The molecule has 5 rings (SSSR count). The van der Waals surface area contributed by atoms with Gasteiger partial charge in [0.25, 0.3) is 0 Å². The van der Waals surface area contributed by atoms with Crippen molar-refractivity contribution in [2.24, 2.45) is 52.3 Å². The van der Waals surface area contributed by atoms with Gasteiger partial charge in [-0.3, -0.25) is 0 Å². The Morgan fingerprint density at radius 3 is 2.56 bits per heavy atom. The fourth-order valence-electron chi connectivity index (χ4n) is 10.4. The number of ether oxygens (including phenoxy) is 1. The highest BCUT2D eigenvalue weighted by Crippen LogP contribution is 2.68. The van der Waals surface area contributed by atoms with Gasteiger partial charge in [0.2, 0.25) is 0 Å². The normalized spacial score (nSPS) is 38.5. The van der Waals surface area contributed by atoms with E-state index in [2.05, 4.69) is 44.9 Å². The lowest BCUT2D eigenvalue weighted by Crippen LogP contribution is -2.54. The lowest BCUT2D eigenvalue weighted by atomic mass is 9.44. The van der Waals surface area contributed by atoms with E-state index in [1.807, 2.05) is 17.1 Å². The van der Waals surface area contributed by atoms with E-state index in [1.165, 1.54) is 64.2 Å². The van der Waals surface area contributed by atoms with Gasteiger partial charge >= 0.3 is 6.09 Å². The predicted molar refractivity (Wildman–Crippen MR) is 158 cm³/mol. The number of aryl methyl sites for hydroxylation is 1. The molecular weight excluding hydrogens is 482 g/mol. The van der Waals surface area contributed by atoms with Crippen LogP contribution < -0.4 is 5.32 Å². The number of nitrogens with zero attached hydrogens (tertiary/aromatic N) is 2. The summed E-state index contributed by atoms with van der Waals surface area (Å²) in [6.45, 7) is 14.2. The zero-order chi connectivity index (χ0) is 27.6. The summed E-state index contributed by atoms with van der Waals surface area (Å²) in [5, 5.41) is 2.98. The zero-order valence-electron chi connectivity index (χ0n) is 25.7. The molecular formula is C34H57N3O2. The molecule has 0 radical (unpaired) electrons. The van der Waals surface area contributed by atoms with E-state index in [4.69, 9.17) is 4.74 Å². The molecule has 4 fully saturated rings. The van der Waals surface area contributed by atoms with Crippen molar-refractivity contribution in [3.63, 3.8) is 0 Å². The Labute approximate surface area is 238 Å². The Morgan fingerprint density at radius 2 is 1.79 bits per heavy atom. The van der Waals surface area contributed by atoms with E-state index >= 15 is 0 Å². The van der Waals surface area contributed by atoms with Crippen molar-refractivity contribution in [2.45, 2.75) is 131 Å². The molecule has 9 atom stereocenters. The van der Waals surface area contributed by atoms with Crippen molar-refractivity contribution in [3.8, 4) is 0 Å². The third kappa shape index (κ3) is 6.08. The molecule has 1 aromatic rings. The molecule has 220 valence electrons. The first-order chi connectivity index (χ1) is 18.7. The minimum absolute atomic E-state index is 0.0877. The predicted octanol–water partition coefficient (Wildman–Crippen LogP) is 8.49. The second kappa shape index (κ2) is 12.1. The Morgan fingerprint density at radius 1 is 1.00 bits per heavy atom. The average Bonchev–Trinajstić information content (AvgIpc) is 3.54. The number of amides is 1. The maximum atomic E-state index is 12.5. The fraction of sp³-hybridized carbons (Fsp3) is 0.882. The monoisotopic (exact) mass is 539 g/mol. The number of aromatic nitrogens is 2. The van der Waals surface area contributed by atoms with Gasteiger partial charge in [0.05, 0.1) is 6.33 Å². The molecule has 0 spiro atoms. The van der Waals surface area contributed by atoms with Crippen LogP contribution in [0, 0.1) is 52.3 Å². The molecule has 0 aromatic carbocycles. The molecule has 4 saturated carbocycles. The quantitative estimate of drug-likeness (QED) is 0.303. The van der Waals surface area contributed by atoms with Crippen LogP contribution in [-0.2, 0) is 11.3 Å². The molecule has 3 unspecified atom stereocenters. The van der Waals surface area contributed by atoms with Gasteiger partial charge in [-0.15, -0.1) is 0 Å². The molecule has 1 N–H and O–H groups in total. The minimum Gasteiger partial charge on any atom is -0.446 e. The Kier molecular flexibility index (Phi) is 9.03. The summed E-state index contributed by atoms with van der Waals surface area (Å²) in [5.41, 5.74) is 1.00. The van der Waals surface area contributed by atoms with Gasteiger partial charge in [-0.25, -0.2) is 9.78 Å². The highest BCUT2D eigenvalue weighted by Gasteiger charge is 2.60. The van der Waals surface area contributed by atoms with Gasteiger partial charge in [-0.2, -0.15) is 0 Å². The van der Waals surface area contributed by atoms with E-state index in [-0.39, 0.29) is 12.2 Å². The molecule has 39 heavy (non-hydrogen) atoms. The topological polar surface area (TPSA) is 56.1 Å². The van der Waals surface area contributed by atoms with Crippen molar-refractivity contribution >= 4 is 6.09 Å². The number of rotatable bonds is 10. The van der Waals surface area contributed by atoms with Gasteiger partial charge in [0, 0.05) is 25.5 Å². The number of hydrogen-bond donors (Lipinski definition) is 1. The molecule has 1 aromatic heterocycles. The largest absolute Gasteiger partial charge is 0.446 e. The van der Waals surface area contributed by atoms with Gasteiger partial charge in [0.1, 0.15) is 6.10 Å². The van der Waals surface area contributed by atoms with Crippen LogP contribution in [0.4, 0.5) is 4.79 Å². The highest BCUT2D eigenvalue weighted by molar-refractivity contribution is 5.67. The van der Waals surface area contributed by atoms with Crippen LogP contribution in [0.2, 0.25) is 0 Å². The molecule has 0 saturated heterocycles. The number of hydrogen-bond acceptors (Lipinski definition) is 3. The first-order valence-corrected chi connectivity index (χ1v) is 16.6. The summed E-state index contributed by atoms with van der Waals surface area (Å²) in [6.07, 6.45) is 22.5. The molecule has 5 heteroatoms. The van der Waals surface area contributed by atoms with Crippen LogP contribution >= 0.6 is 0 Å². The van der Waals surface area contributed by atoms with E-state index in [1.54, 1.807) is 6.20 Å². The lowest BCUT2D eigenvalue weighted by molar-refractivity contribution is -0.129. The van der Waals surface area contributed by atoms with Crippen LogP contribution in [0.1, 0.15) is 118 Å². The first-order valence-electron chi connectivity index (χ1n) is 16.6. The standard InChI is InChI=1S/C34H57N3O2/c1-24(2)8-6-9-25(3)29-12-13-30-28-11-10-26-22-27(14-16-33(26,4)31(28)15-17-34(29,30)5)39-32(38)36-18-7-20-37-21-19-35-23-37/h19,21,23-31H,6-18,20,22H2,1-5H3,(H,36,38)/t25-,26?,27?,28+,29?,30+,31+,33+,34-/m1/s1. The molecule has 1 heterocycles. The Balaban J connectivity index is 1.12. The minimum atomic E-state index is -0.226. The molecule has 0 bridgehead atoms. The molecule has 0 aliphatic heterocycles. The Hall–Kier alpha value is -1.52. The van der Waals surface area contributed by atoms with E-state index in [9.17, 15) is 4.79 Å². The van der Waals surface area contributed by atoms with Gasteiger partial charge in [-0.05, 0) is 116 Å². The number of imidazole rings is 1. The van der Waals surface area contributed by atoms with Crippen molar-refractivity contribution in [3.05, 3.63) is 18.7 Å². The molecule has 5 nitrogen and oxygen atoms in total. The van der Waals surface area contributed by atoms with E-state index in [0.29, 0.717) is 23.3 Å². The maximum absolute atomic E-state index is 12.5. The number of carbonyl (C=O) groups excluding carboxylic acids is 1. The van der Waals surface area contributed by atoms with Crippen LogP contribution in [0.5, 0.6) is 0 Å². The number of carbonyl (C=O) groups is 1. The second-order valence-electron chi connectivity index (χ2n) is 15.1. The lowest BCUT2D eigenvalue weighted by Gasteiger charge is -2.61. The summed E-state index contributed by atoms with van der Waals surface area (Å²) in [4.78, 5) is 16.6. The summed E-state index contributed by atoms with van der Waals surface area (Å²) in [6, 6.07) is 0. The summed E-state index contributed by atoms with van der Waals surface area (Å²) < 4.78 is 8.00. The Bertz CT molecular complexity index is 931. The van der Waals surface area contributed by atoms with Gasteiger partial charge in [0.15, 0.2) is 0 Å². The van der Waals surface area contributed by atoms with Crippen molar-refractivity contribution in [2.75, 3.05) is 6.54 Å². The fourth-order valence-corrected chi connectivity index (χ4v) is 10.4. The molecule has 4 aliphatic rings. The summed E-state index contributed by atoms with van der Waals surface area (Å²) in [7, 11) is 0. The second-order valence-corrected chi connectivity index (χ2v) is 15.1. The SMILES string of the molecule is CC(C)CCC[C@@H](C)C1CC[C@H]2[C@@H]3CCC4CC(OC(=O)NCCCn5ccnc5)CC[C@]4(C)[C@H]3CC[C@]12C. The van der Waals surface area contributed by atoms with Gasteiger partial charge < -0.3 is 14.6 Å². The molecule has 4 aliphatic carbocycles. The molecule has 1 amide bonds.